The molecule has 7 nitrogen and oxygen atoms in total. The summed E-state index contributed by atoms with van der Waals surface area (Å²) in [6, 6.07) is 17.2. The molecule has 2 N–H and O–H groups in total. The Morgan fingerprint density at radius 1 is 0.929 bits per heavy atom. The normalized spacial score (nSPS) is 11.9. The smallest absolute Gasteiger partial charge is 0.272 e. The highest BCUT2D eigenvalue weighted by molar-refractivity contribution is 5.92. The Hall–Kier alpha value is -3.61. The lowest BCUT2D eigenvalue weighted by molar-refractivity contribution is 0.0945. The van der Waals surface area contributed by atoms with Gasteiger partial charge in [-0.15, -0.1) is 10.2 Å². The Balaban J connectivity index is 1.30. The van der Waals surface area contributed by atoms with Gasteiger partial charge in [0, 0.05) is 13.1 Å². The van der Waals surface area contributed by atoms with Crippen LogP contribution in [0.3, 0.4) is 0 Å². The molecule has 0 saturated carbocycles. The van der Waals surface area contributed by atoms with Crippen LogP contribution in [0.25, 0.3) is 0 Å². The van der Waals surface area contributed by atoms with Gasteiger partial charge in [-0.25, -0.2) is 0 Å². The third kappa shape index (κ3) is 4.20. The fourth-order valence-electron chi connectivity index (χ4n) is 2.77. The van der Waals surface area contributed by atoms with E-state index < -0.39 is 0 Å². The van der Waals surface area contributed by atoms with Crippen LogP contribution in [0.5, 0.6) is 11.5 Å². The van der Waals surface area contributed by atoms with Crippen LogP contribution < -0.4 is 20.1 Å². The molecule has 1 aromatic heterocycles. The van der Waals surface area contributed by atoms with E-state index in [2.05, 4.69) is 20.8 Å². The largest absolute Gasteiger partial charge is 0.454 e. The second kappa shape index (κ2) is 7.96. The van der Waals surface area contributed by atoms with Crippen molar-refractivity contribution < 1.29 is 14.3 Å². The van der Waals surface area contributed by atoms with E-state index in [9.17, 15) is 4.79 Å². The first-order valence-electron chi connectivity index (χ1n) is 8.97. The van der Waals surface area contributed by atoms with E-state index in [-0.39, 0.29) is 18.4 Å². The molecule has 0 aliphatic carbocycles. The second-order valence-electron chi connectivity index (χ2n) is 6.51. The van der Waals surface area contributed by atoms with Gasteiger partial charge in [-0.2, -0.15) is 0 Å². The molecule has 0 bridgehead atoms. The molecule has 1 aliphatic rings. The summed E-state index contributed by atoms with van der Waals surface area (Å²) in [4.78, 5) is 12.2. The molecule has 1 amide bonds. The maximum Gasteiger partial charge on any atom is 0.272 e. The van der Waals surface area contributed by atoms with Gasteiger partial charge in [0.15, 0.2) is 17.2 Å². The number of hydrogen-bond acceptors (Lipinski definition) is 6. The third-order valence-electron chi connectivity index (χ3n) is 4.38. The van der Waals surface area contributed by atoms with E-state index in [1.807, 2.05) is 49.4 Å². The number of carbonyl (C=O) groups excluding carboxylic acids is 1. The lowest BCUT2D eigenvalue weighted by Crippen LogP contribution is -2.24. The fraction of sp³-hybridized carbons (Fsp3) is 0.190. The molecule has 0 atom stereocenters. The van der Waals surface area contributed by atoms with Crippen molar-refractivity contribution in [3.8, 4) is 11.5 Å². The molecule has 4 rings (SSSR count). The molecule has 2 aromatic carbocycles. The Morgan fingerprint density at radius 3 is 2.50 bits per heavy atom. The highest BCUT2D eigenvalue weighted by Crippen LogP contribution is 2.32. The van der Waals surface area contributed by atoms with Gasteiger partial charge >= 0.3 is 0 Å². The third-order valence-corrected chi connectivity index (χ3v) is 4.38. The van der Waals surface area contributed by atoms with Crippen LogP contribution in [-0.4, -0.2) is 22.9 Å². The molecule has 1 aliphatic heterocycles. The molecule has 28 heavy (non-hydrogen) atoms. The zero-order valence-corrected chi connectivity index (χ0v) is 15.4. The molecule has 0 spiro atoms. The predicted molar refractivity (Wildman–Crippen MR) is 104 cm³/mol. The van der Waals surface area contributed by atoms with Gasteiger partial charge in [0.25, 0.3) is 5.91 Å². The minimum absolute atomic E-state index is 0.254. The number of aryl methyl sites for hydroxylation is 1. The highest BCUT2D eigenvalue weighted by atomic mass is 16.7. The van der Waals surface area contributed by atoms with Crippen molar-refractivity contribution in [2.45, 2.75) is 20.0 Å². The van der Waals surface area contributed by atoms with Crippen molar-refractivity contribution in [2.75, 3.05) is 12.1 Å². The SMILES string of the molecule is Cc1ccc(CNC(=O)c2ccc(NCc3ccc4c(c3)OCO4)nn2)cc1. The fourth-order valence-corrected chi connectivity index (χ4v) is 2.77. The van der Waals surface area contributed by atoms with Crippen molar-refractivity contribution in [1.29, 1.82) is 0 Å². The van der Waals surface area contributed by atoms with Gasteiger partial charge in [-0.05, 0) is 42.3 Å². The summed E-state index contributed by atoms with van der Waals surface area (Å²) in [7, 11) is 0. The Morgan fingerprint density at radius 2 is 1.71 bits per heavy atom. The molecule has 3 aromatic rings. The number of aromatic nitrogens is 2. The van der Waals surface area contributed by atoms with Crippen LogP contribution in [0.4, 0.5) is 5.82 Å². The predicted octanol–water partition coefficient (Wildman–Crippen LogP) is 3.06. The number of ether oxygens (including phenoxy) is 2. The van der Waals surface area contributed by atoms with Crippen LogP contribution in [0.15, 0.2) is 54.6 Å². The van der Waals surface area contributed by atoms with Crippen molar-refractivity contribution in [3.63, 3.8) is 0 Å². The average Bonchev–Trinajstić information content (AvgIpc) is 3.20. The van der Waals surface area contributed by atoms with Crippen LogP contribution in [0.2, 0.25) is 0 Å². The number of amides is 1. The quantitative estimate of drug-likeness (QED) is 0.688. The molecule has 0 fully saturated rings. The first-order valence-corrected chi connectivity index (χ1v) is 8.97. The zero-order chi connectivity index (χ0) is 19.3. The molecule has 0 saturated heterocycles. The first kappa shape index (κ1) is 17.8. The van der Waals surface area contributed by atoms with Crippen molar-refractivity contribution in [1.82, 2.24) is 15.5 Å². The van der Waals surface area contributed by atoms with Crippen LogP contribution >= 0.6 is 0 Å². The number of nitrogens with zero attached hydrogens (tertiary/aromatic N) is 2. The summed E-state index contributed by atoms with van der Waals surface area (Å²) in [6.45, 7) is 3.29. The zero-order valence-electron chi connectivity index (χ0n) is 15.4. The summed E-state index contributed by atoms with van der Waals surface area (Å²) >= 11 is 0. The van der Waals surface area contributed by atoms with Crippen LogP contribution in [0, 0.1) is 6.92 Å². The van der Waals surface area contributed by atoms with E-state index in [4.69, 9.17) is 9.47 Å². The van der Waals surface area contributed by atoms with Crippen molar-refractivity contribution >= 4 is 11.7 Å². The van der Waals surface area contributed by atoms with Gasteiger partial charge < -0.3 is 20.1 Å². The lowest BCUT2D eigenvalue weighted by Gasteiger charge is -2.07. The van der Waals surface area contributed by atoms with Gasteiger partial charge in [-0.1, -0.05) is 35.9 Å². The Labute approximate surface area is 162 Å². The Kier molecular flexibility index (Phi) is 5.05. The standard InChI is InChI=1S/C21H20N4O3/c1-14-2-4-15(5-3-14)11-23-21(26)17-7-9-20(25-24-17)22-12-16-6-8-18-19(10-16)28-13-27-18/h2-10H,11-13H2,1H3,(H,22,25)(H,23,26). The van der Waals surface area contributed by atoms with E-state index in [1.165, 1.54) is 5.56 Å². The minimum atomic E-state index is -0.254. The van der Waals surface area contributed by atoms with E-state index in [1.54, 1.807) is 12.1 Å². The minimum Gasteiger partial charge on any atom is -0.454 e. The molecule has 0 unspecified atom stereocenters. The van der Waals surface area contributed by atoms with Crippen molar-refractivity contribution in [2.24, 2.45) is 0 Å². The summed E-state index contributed by atoms with van der Waals surface area (Å²) < 4.78 is 10.7. The number of rotatable bonds is 6. The second-order valence-corrected chi connectivity index (χ2v) is 6.51. The molecule has 142 valence electrons. The molecule has 2 heterocycles. The molecule has 7 heteroatoms. The topological polar surface area (TPSA) is 85.4 Å². The lowest BCUT2D eigenvalue weighted by atomic mass is 10.1. The maximum atomic E-state index is 12.2. The molecule has 0 radical (unpaired) electrons. The summed E-state index contributed by atoms with van der Waals surface area (Å²) in [5.74, 6) is 1.83. The number of hydrogen-bond donors (Lipinski definition) is 2. The van der Waals surface area contributed by atoms with Crippen LogP contribution in [-0.2, 0) is 13.1 Å². The number of carbonyl (C=O) groups is 1. The molecular formula is C21H20N4O3. The molecular weight excluding hydrogens is 356 g/mol. The summed E-state index contributed by atoms with van der Waals surface area (Å²) in [5.41, 5.74) is 3.53. The van der Waals surface area contributed by atoms with E-state index in [0.717, 1.165) is 22.6 Å². The van der Waals surface area contributed by atoms with Crippen molar-refractivity contribution in [3.05, 3.63) is 77.0 Å². The van der Waals surface area contributed by atoms with Gasteiger partial charge in [0.1, 0.15) is 5.82 Å². The number of benzene rings is 2. The maximum absolute atomic E-state index is 12.2. The number of anilines is 1. The van der Waals surface area contributed by atoms with Gasteiger partial charge in [-0.3, -0.25) is 4.79 Å². The van der Waals surface area contributed by atoms with Gasteiger partial charge in [0.05, 0.1) is 0 Å². The summed E-state index contributed by atoms with van der Waals surface area (Å²) in [6.07, 6.45) is 0. The first-order chi connectivity index (χ1) is 13.7. The van der Waals surface area contributed by atoms with Crippen LogP contribution in [0.1, 0.15) is 27.2 Å². The number of nitrogens with one attached hydrogen (secondary N) is 2. The summed E-state index contributed by atoms with van der Waals surface area (Å²) in [5, 5.41) is 14.1. The van der Waals surface area contributed by atoms with E-state index >= 15 is 0 Å². The number of fused-ring (bicyclic) bond motifs is 1. The highest BCUT2D eigenvalue weighted by Gasteiger charge is 2.13. The Bertz CT molecular complexity index is 972. The average molecular weight is 376 g/mol. The van der Waals surface area contributed by atoms with Gasteiger partial charge in [0.2, 0.25) is 6.79 Å². The van der Waals surface area contributed by atoms with E-state index in [0.29, 0.717) is 18.9 Å². The monoisotopic (exact) mass is 376 g/mol.